The lowest BCUT2D eigenvalue weighted by atomic mass is 10.2. The van der Waals surface area contributed by atoms with Crippen LogP contribution in [-0.4, -0.2) is 43.2 Å². The zero-order valence-electron chi connectivity index (χ0n) is 13.5. The van der Waals surface area contributed by atoms with Gasteiger partial charge in [-0.25, -0.2) is 4.79 Å². The van der Waals surface area contributed by atoms with Gasteiger partial charge in [0.15, 0.2) is 6.61 Å². The maximum atomic E-state index is 12.2. The molecule has 0 aromatic heterocycles. The minimum atomic E-state index is -0.509. The maximum absolute atomic E-state index is 12.2. The first-order valence-corrected chi connectivity index (χ1v) is 8.13. The average Bonchev–Trinajstić information content (AvgIpc) is 2.82. The second kappa shape index (κ2) is 9.02. The molecule has 1 fully saturated rings. The standard InChI is InChI=1S/C17H24N2O4/c1-2-22-17(21)18-14-8-7-9-15(12-14)23-13-16(20)19-10-5-3-4-6-11-19/h7-9,12H,2-6,10-11,13H2,1H3,(H,18,21). The van der Waals surface area contributed by atoms with Crippen LogP contribution in [0, 0.1) is 0 Å². The number of amides is 2. The van der Waals surface area contributed by atoms with E-state index in [2.05, 4.69) is 5.32 Å². The molecule has 0 aliphatic carbocycles. The normalized spacial score (nSPS) is 14.7. The maximum Gasteiger partial charge on any atom is 0.411 e. The Morgan fingerprint density at radius 1 is 1.17 bits per heavy atom. The van der Waals surface area contributed by atoms with Crippen molar-refractivity contribution < 1.29 is 19.1 Å². The van der Waals surface area contributed by atoms with Crippen molar-refractivity contribution in [2.45, 2.75) is 32.6 Å². The molecular weight excluding hydrogens is 296 g/mol. The van der Waals surface area contributed by atoms with Crippen LogP contribution in [0.1, 0.15) is 32.6 Å². The van der Waals surface area contributed by atoms with E-state index in [0.717, 1.165) is 25.9 Å². The summed E-state index contributed by atoms with van der Waals surface area (Å²) in [7, 11) is 0. The number of hydrogen-bond donors (Lipinski definition) is 1. The fraction of sp³-hybridized carbons (Fsp3) is 0.529. The van der Waals surface area contributed by atoms with Gasteiger partial charge in [0, 0.05) is 24.8 Å². The van der Waals surface area contributed by atoms with Crippen LogP contribution in [0.4, 0.5) is 10.5 Å². The highest BCUT2D eigenvalue weighted by molar-refractivity contribution is 5.84. The summed E-state index contributed by atoms with van der Waals surface area (Å²) in [5, 5.41) is 2.61. The van der Waals surface area contributed by atoms with Gasteiger partial charge in [-0.15, -0.1) is 0 Å². The van der Waals surface area contributed by atoms with Gasteiger partial charge in [-0.2, -0.15) is 0 Å². The highest BCUT2D eigenvalue weighted by Gasteiger charge is 2.16. The third-order valence-electron chi connectivity index (χ3n) is 3.68. The van der Waals surface area contributed by atoms with Crippen molar-refractivity contribution in [3.05, 3.63) is 24.3 Å². The van der Waals surface area contributed by atoms with Crippen molar-refractivity contribution in [2.24, 2.45) is 0 Å². The van der Waals surface area contributed by atoms with Crippen LogP contribution >= 0.6 is 0 Å². The van der Waals surface area contributed by atoms with Gasteiger partial charge in [-0.05, 0) is 31.9 Å². The van der Waals surface area contributed by atoms with Crippen LogP contribution in [0.15, 0.2) is 24.3 Å². The summed E-state index contributed by atoms with van der Waals surface area (Å²) in [6.45, 7) is 3.70. The van der Waals surface area contributed by atoms with Crippen LogP contribution in [0.25, 0.3) is 0 Å². The van der Waals surface area contributed by atoms with Gasteiger partial charge < -0.3 is 14.4 Å². The average molecular weight is 320 g/mol. The van der Waals surface area contributed by atoms with Crippen LogP contribution in [0.5, 0.6) is 5.75 Å². The predicted octanol–water partition coefficient (Wildman–Crippen LogP) is 3.04. The van der Waals surface area contributed by atoms with Crippen molar-refractivity contribution >= 4 is 17.7 Å². The van der Waals surface area contributed by atoms with Gasteiger partial charge in [0.25, 0.3) is 5.91 Å². The molecule has 1 saturated heterocycles. The number of rotatable bonds is 5. The van der Waals surface area contributed by atoms with E-state index in [0.29, 0.717) is 18.0 Å². The number of benzene rings is 1. The van der Waals surface area contributed by atoms with Crippen LogP contribution in [0.2, 0.25) is 0 Å². The molecule has 2 rings (SSSR count). The molecule has 1 N–H and O–H groups in total. The Bertz CT molecular complexity index is 525. The second-order valence-corrected chi connectivity index (χ2v) is 5.46. The minimum absolute atomic E-state index is 0.00987. The van der Waals surface area contributed by atoms with E-state index >= 15 is 0 Å². The van der Waals surface area contributed by atoms with Crippen molar-refractivity contribution in [3.63, 3.8) is 0 Å². The Labute approximate surface area is 136 Å². The number of ether oxygens (including phenoxy) is 2. The Balaban J connectivity index is 1.85. The summed E-state index contributed by atoms with van der Waals surface area (Å²) in [6.07, 6.45) is 3.98. The Morgan fingerprint density at radius 2 is 1.91 bits per heavy atom. The number of anilines is 1. The lowest BCUT2D eigenvalue weighted by Crippen LogP contribution is -2.35. The smallest absolute Gasteiger partial charge is 0.411 e. The number of carbonyl (C=O) groups excluding carboxylic acids is 2. The predicted molar refractivity (Wildman–Crippen MR) is 87.6 cm³/mol. The van der Waals surface area contributed by atoms with Crippen LogP contribution in [0.3, 0.4) is 0 Å². The molecular formula is C17H24N2O4. The third-order valence-corrected chi connectivity index (χ3v) is 3.68. The number of carbonyl (C=O) groups is 2. The molecule has 1 aromatic carbocycles. The Morgan fingerprint density at radius 3 is 2.61 bits per heavy atom. The van der Waals surface area contributed by atoms with Crippen LogP contribution < -0.4 is 10.1 Å². The summed E-state index contributed by atoms with van der Waals surface area (Å²) in [4.78, 5) is 25.4. The zero-order chi connectivity index (χ0) is 16.5. The van der Waals surface area contributed by atoms with Gasteiger partial charge >= 0.3 is 6.09 Å². The monoisotopic (exact) mass is 320 g/mol. The number of nitrogens with zero attached hydrogens (tertiary/aromatic N) is 1. The summed E-state index contributed by atoms with van der Waals surface area (Å²) < 4.78 is 10.4. The first-order valence-electron chi connectivity index (χ1n) is 8.13. The molecule has 0 radical (unpaired) electrons. The molecule has 1 aromatic rings. The third kappa shape index (κ3) is 5.81. The van der Waals surface area contributed by atoms with Crippen molar-refractivity contribution in [2.75, 3.05) is 31.6 Å². The molecule has 6 nitrogen and oxygen atoms in total. The molecule has 0 atom stereocenters. The number of likely N-dealkylation sites (tertiary alicyclic amines) is 1. The van der Waals surface area contributed by atoms with Gasteiger partial charge in [0.2, 0.25) is 0 Å². The zero-order valence-corrected chi connectivity index (χ0v) is 13.5. The second-order valence-electron chi connectivity index (χ2n) is 5.46. The largest absolute Gasteiger partial charge is 0.484 e. The molecule has 0 saturated carbocycles. The van der Waals surface area contributed by atoms with E-state index in [-0.39, 0.29) is 12.5 Å². The SMILES string of the molecule is CCOC(=O)Nc1cccc(OCC(=O)N2CCCCCC2)c1. The first kappa shape index (κ1) is 17.1. The lowest BCUT2D eigenvalue weighted by Gasteiger charge is -2.20. The highest BCUT2D eigenvalue weighted by Crippen LogP contribution is 2.18. The van der Waals surface area contributed by atoms with E-state index in [4.69, 9.17) is 9.47 Å². The lowest BCUT2D eigenvalue weighted by molar-refractivity contribution is -0.133. The molecule has 1 heterocycles. The van der Waals surface area contributed by atoms with E-state index < -0.39 is 6.09 Å². The summed E-state index contributed by atoms with van der Waals surface area (Å²) in [5.74, 6) is 0.554. The molecule has 6 heteroatoms. The van der Waals surface area contributed by atoms with E-state index in [1.165, 1.54) is 12.8 Å². The summed E-state index contributed by atoms with van der Waals surface area (Å²) in [5.41, 5.74) is 0.572. The van der Waals surface area contributed by atoms with Gasteiger partial charge in [0.1, 0.15) is 5.75 Å². The molecule has 126 valence electrons. The number of nitrogens with one attached hydrogen (secondary N) is 1. The van der Waals surface area contributed by atoms with Gasteiger partial charge in [-0.1, -0.05) is 18.9 Å². The molecule has 1 aliphatic heterocycles. The topological polar surface area (TPSA) is 67.9 Å². The molecule has 2 amide bonds. The van der Waals surface area contributed by atoms with E-state index in [9.17, 15) is 9.59 Å². The van der Waals surface area contributed by atoms with E-state index in [1.807, 2.05) is 4.90 Å². The summed E-state index contributed by atoms with van der Waals surface area (Å²) >= 11 is 0. The van der Waals surface area contributed by atoms with Crippen molar-refractivity contribution in [3.8, 4) is 5.75 Å². The molecule has 0 spiro atoms. The highest BCUT2D eigenvalue weighted by atomic mass is 16.5. The molecule has 23 heavy (non-hydrogen) atoms. The van der Waals surface area contributed by atoms with Gasteiger partial charge in [-0.3, -0.25) is 10.1 Å². The minimum Gasteiger partial charge on any atom is -0.484 e. The fourth-order valence-electron chi connectivity index (χ4n) is 2.51. The quantitative estimate of drug-likeness (QED) is 0.905. The van der Waals surface area contributed by atoms with Crippen LogP contribution in [-0.2, 0) is 9.53 Å². The van der Waals surface area contributed by atoms with Crippen molar-refractivity contribution in [1.29, 1.82) is 0 Å². The molecule has 0 bridgehead atoms. The summed E-state index contributed by atoms with van der Waals surface area (Å²) in [6, 6.07) is 6.92. The van der Waals surface area contributed by atoms with Crippen molar-refractivity contribution in [1.82, 2.24) is 4.90 Å². The molecule has 1 aliphatic rings. The Hall–Kier alpha value is -2.24. The fourth-order valence-corrected chi connectivity index (χ4v) is 2.51. The first-order chi connectivity index (χ1) is 11.2. The van der Waals surface area contributed by atoms with Gasteiger partial charge in [0.05, 0.1) is 6.61 Å². The Kier molecular flexibility index (Phi) is 6.72. The van der Waals surface area contributed by atoms with E-state index in [1.54, 1.807) is 31.2 Å². The number of hydrogen-bond acceptors (Lipinski definition) is 4. The molecule has 0 unspecified atom stereocenters.